The molecule has 4 atom stereocenters. The Morgan fingerprint density at radius 3 is 2.50 bits per heavy atom. The summed E-state index contributed by atoms with van der Waals surface area (Å²) >= 11 is 0. The Balaban J connectivity index is 2.52. The molecule has 1 aliphatic heterocycles. The minimum atomic E-state index is -1.34. The molecule has 1 fully saturated rings. The van der Waals surface area contributed by atoms with Gasteiger partial charge in [0, 0.05) is 12.6 Å². The van der Waals surface area contributed by atoms with Gasteiger partial charge in [-0.15, -0.1) is 0 Å². The van der Waals surface area contributed by atoms with Gasteiger partial charge in [-0.05, 0) is 6.92 Å². The molecule has 4 unspecified atom stereocenters. The van der Waals surface area contributed by atoms with E-state index in [1.807, 2.05) is 0 Å². The lowest BCUT2D eigenvalue weighted by Gasteiger charge is -2.32. The van der Waals surface area contributed by atoms with Crippen LogP contribution in [0.1, 0.15) is 6.92 Å². The molecule has 10 heavy (non-hydrogen) atoms. The smallest absolute Gasteiger partial charge is 0.141 e. The van der Waals surface area contributed by atoms with Gasteiger partial charge < -0.3 is 15.5 Å². The molecule has 0 aliphatic carbocycles. The molecule has 1 rings (SSSR count). The first-order valence-corrected chi connectivity index (χ1v) is 3.36. The normalized spacial score (nSPS) is 49.2. The number of aliphatic hydroxyl groups excluding tert-OH is 2. The van der Waals surface area contributed by atoms with Crippen LogP contribution in [0.15, 0.2) is 0 Å². The number of alkyl halides is 1. The van der Waals surface area contributed by atoms with E-state index in [0.29, 0.717) is 0 Å². The van der Waals surface area contributed by atoms with Crippen molar-refractivity contribution in [3.63, 3.8) is 0 Å². The van der Waals surface area contributed by atoms with E-state index in [1.165, 1.54) is 0 Å². The Morgan fingerprint density at radius 1 is 1.40 bits per heavy atom. The standard InChI is InChI=1S/C6H12FNO2/c1-3-5(9)6(10)4(7)2-8-3/h3-6,8-10H,2H2,1H3. The van der Waals surface area contributed by atoms with E-state index in [4.69, 9.17) is 10.2 Å². The van der Waals surface area contributed by atoms with Crippen LogP contribution in [0.5, 0.6) is 0 Å². The van der Waals surface area contributed by atoms with Crippen LogP contribution >= 0.6 is 0 Å². The van der Waals surface area contributed by atoms with Gasteiger partial charge in [-0.25, -0.2) is 4.39 Å². The van der Waals surface area contributed by atoms with E-state index in [1.54, 1.807) is 6.92 Å². The lowest BCUT2D eigenvalue weighted by Crippen LogP contribution is -2.56. The molecule has 0 amide bonds. The van der Waals surface area contributed by atoms with Crippen molar-refractivity contribution in [2.45, 2.75) is 31.3 Å². The molecule has 1 aliphatic rings. The molecule has 0 bridgehead atoms. The molecule has 0 radical (unpaired) electrons. The number of halogens is 1. The second-order valence-electron chi connectivity index (χ2n) is 2.69. The van der Waals surface area contributed by atoms with Crippen molar-refractivity contribution in [2.75, 3.05) is 6.54 Å². The van der Waals surface area contributed by atoms with E-state index < -0.39 is 18.4 Å². The van der Waals surface area contributed by atoms with Gasteiger partial charge in [0.2, 0.25) is 0 Å². The molecule has 3 nitrogen and oxygen atoms in total. The molecule has 1 heterocycles. The summed E-state index contributed by atoms with van der Waals surface area (Å²) in [7, 11) is 0. The summed E-state index contributed by atoms with van der Waals surface area (Å²) in [6.45, 7) is 1.83. The molecule has 0 aromatic heterocycles. The number of nitrogens with one attached hydrogen (secondary N) is 1. The van der Waals surface area contributed by atoms with Gasteiger partial charge in [0.05, 0.1) is 6.10 Å². The van der Waals surface area contributed by atoms with Crippen molar-refractivity contribution in [3.8, 4) is 0 Å². The maximum absolute atomic E-state index is 12.5. The number of rotatable bonds is 0. The first-order valence-electron chi connectivity index (χ1n) is 3.36. The van der Waals surface area contributed by atoms with Gasteiger partial charge in [0.1, 0.15) is 12.3 Å². The third-order valence-corrected chi connectivity index (χ3v) is 1.87. The van der Waals surface area contributed by atoms with E-state index in [0.717, 1.165) is 0 Å². The van der Waals surface area contributed by atoms with Crippen molar-refractivity contribution >= 4 is 0 Å². The van der Waals surface area contributed by atoms with Gasteiger partial charge in [0.15, 0.2) is 0 Å². The third-order valence-electron chi connectivity index (χ3n) is 1.87. The number of piperidine rings is 1. The number of hydrogen-bond acceptors (Lipinski definition) is 3. The molecule has 0 spiro atoms. The summed E-state index contributed by atoms with van der Waals surface area (Å²) in [4.78, 5) is 0. The van der Waals surface area contributed by atoms with Crippen molar-refractivity contribution in [3.05, 3.63) is 0 Å². The van der Waals surface area contributed by atoms with Gasteiger partial charge in [-0.2, -0.15) is 0 Å². The highest BCUT2D eigenvalue weighted by atomic mass is 19.1. The van der Waals surface area contributed by atoms with Crippen LogP contribution in [0.25, 0.3) is 0 Å². The van der Waals surface area contributed by atoms with Crippen LogP contribution in [0, 0.1) is 0 Å². The Kier molecular flexibility index (Phi) is 2.23. The highest BCUT2D eigenvalue weighted by Crippen LogP contribution is 2.12. The SMILES string of the molecule is CC1NCC(F)C(O)C1O. The highest BCUT2D eigenvalue weighted by Gasteiger charge is 2.34. The van der Waals surface area contributed by atoms with Crippen LogP contribution < -0.4 is 5.32 Å². The minimum absolute atomic E-state index is 0.124. The van der Waals surface area contributed by atoms with E-state index in [2.05, 4.69) is 5.32 Å². The van der Waals surface area contributed by atoms with Crippen LogP contribution in [0.3, 0.4) is 0 Å². The van der Waals surface area contributed by atoms with Crippen LogP contribution in [0.4, 0.5) is 4.39 Å². The lowest BCUT2D eigenvalue weighted by molar-refractivity contribution is -0.0642. The zero-order valence-electron chi connectivity index (χ0n) is 5.79. The quantitative estimate of drug-likeness (QED) is 0.415. The monoisotopic (exact) mass is 149 g/mol. The Morgan fingerprint density at radius 2 is 2.00 bits per heavy atom. The second-order valence-corrected chi connectivity index (χ2v) is 2.69. The van der Waals surface area contributed by atoms with E-state index in [-0.39, 0.29) is 12.6 Å². The lowest BCUT2D eigenvalue weighted by atomic mass is 9.98. The van der Waals surface area contributed by atoms with Crippen LogP contribution in [0.2, 0.25) is 0 Å². The van der Waals surface area contributed by atoms with Gasteiger partial charge in [-0.1, -0.05) is 0 Å². The van der Waals surface area contributed by atoms with Crippen molar-refractivity contribution in [1.29, 1.82) is 0 Å². The average molecular weight is 149 g/mol. The van der Waals surface area contributed by atoms with Crippen molar-refractivity contribution in [1.82, 2.24) is 5.32 Å². The van der Waals surface area contributed by atoms with Gasteiger partial charge in [-0.3, -0.25) is 0 Å². The molecular formula is C6H12FNO2. The van der Waals surface area contributed by atoms with E-state index in [9.17, 15) is 4.39 Å². The summed E-state index contributed by atoms with van der Waals surface area (Å²) in [5.74, 6) is 0. The fourth-order valence-corrected chi connectivity index (χ4v) is 1.05. The minimum Gasteiger partial charge on any atom is -0.389 e. The first-order chi connectivity index (χ1) is 4.63. The number of hydrogen-bond donors (Lipinski definition) is 3. The largest absolute Gasteiger partial charge is 0.389 e. The average Bonchev–Trinajstić information content (AvgIpc) is 1.93. The topological polar surface area (TPSA) is 52.5 Å². The molecule has 0 saturated carbocycles. The highest BCUT2D eigenvalue weighted by molar-refractivity contribution is 4.89. The predicted molar refractivity (Wildman–Crippen MR) is 34.4 cm³/mol. The number of aliphatic hydroxyl groups is 2. The molecule has 60 valence electrons. The summed E-state index contributed by atoms with van der Waals surface area (Å²) in [6.07, 6.45) is -3.55. The molecular weight excluding hydrogens is 137 g/mol. The van der Waals surface area contributed by atoms with Crippen LogP contribution in [-0.2, 0) is 0 Å². The Labute approximate surface area is 58.9 Å². The Bertz CT molecular complexity index is 108. The maximum atomic E-state index is 12.5. The summed E-state index contributed by atoms with van der Waals surface area (Å²) in [5.41, 5.74) is 0. The molecule has 0 aromatic carbocycles. The molecule has 4 heteroatoms. The maximum Gasteiger partial charge on any atom is 0.141 e. The van der Waals surface area contributed by atoms with Crippen molar-refractivity contribution in [2.24, 2.45) is 0 Å². The molecule has 1 saturated heterocycles. The zero-order chi connectivity index (χ0) is 7.72. The Hall–Kier alpha value is -0.190. The van der Waals surface area contributed by atoms with Gasteiger partial charge >= 0.3 is 0 Å². The summed E-state index contributed by atoms with van der Waals surface area (Å²) in [5, 5.41) is 20.7. The predicted octanol–water partition coefficient (Wildman–Crippen LogP) is -0.962. The fraction of sp³-hybridized carbons (Fsp3) is 1.00. The van der Waals surface area contributed by atoms with Crippen molar-refractivity contribution < 1.29 is 14.6 Å². The van der Waals surface area contributed by atoms with Gasteiger partial charge in [0.25, 0.3) is 0 Å². The fourth-order valence-electron chi connectivity index (χ4n) is 1.05. The molecule has 0 aromatic rings. The summed E-state index contributed by atoms with van der Waals surface area (Å²) in [6, 6.07) is -0.220. The van der Waals surface area contributed by atoms with E-state index >= 15 is 0 Å². The molecule has 3 N–H and O–H groups in total. The third kappa shape index (κ3) is 1.28. The zero-order valence-corrected chi connectivity index (χ0v) is 5.79. The second kappa shape index (κ2) is 2.82. The van der Waals surface area contributed by atoms with Crippen LogP contribution in [-0.4, -0.2) is 41.2 Å². The summed E-state index contributed by atoms with van der Waals surface area (Å²) < 4.78 is 12.5. The first kappa shape index (κ1) is 7.91.